The average molecular weight is 294 g/mol. The van der Waals surface area contributed by atoms with E-state index < -0.39 is 6.04 Å². The smallest absolute Gasteiger partial charge is 0.241 e. The Bertz CT molecular complexity index is 461. The third kappa shape index (κ3) is 6.14. The molecule has 0 unspecified atom stereocenters. The Morgan fingerprint density at radius 1 is 1.33 bits per heavy atom. The third-order valence-electron chi connectivity index (χ3n) is 3.00. The molecule has 0 bridgehead atoms. The van der Waals surface area contributed by atoms with Crippen LogP contribution in [0.4, 0.5) is 5.69 Å². The minimum Gasteiger partial charge on any atom is -0.489 e. The molecule has 0 fully saturated rings. The lowest BCUT2D eigenvalue weighted by atomic mass is 10.0. The number of ether oxygens (including phenoxy) is 2. The first-order chi connectivity index (χ1) is 9.93. The van der Waals surface area contributed by atoms with E-state index in [1.807, 2.05) is 39.0 Å². The zero-order chi connectivity index (χ0) is 15.8. The fourth-order valence-corrected chi connectivity index (χ4v) is 1.93. The first-order valence-electron chi connectivity index (χ1n) is 7.23. The second kappa shape index (κ2) is 8.64. The maximum absolute atomic E-state index is 12.1. The quantitative estimate of drug-likeness (QED) is 0.722. The Hall–Kier alpha value is -1.59. The number of aryl methyl sites for hydroxylation is 1. The lowest BCUT2D eigenvalue weighted by molar-refractivity contribution is -0.117. The molecule has 0 heterocycles. The molecule has 21 heavy (non-hydrogen) atoms. The molecular formula is C16H26N2O3. The van der Waals surface area contributed by atoms with Gasteiger partial charge in [-0.3, -0.25) is 4.79 Å². The van der Waals surface area contributed by atoms with Crippen LogP contribution in [0, 0.1) is 12.8 Å². The number of hydrogen-bond acceptors (Lipinski definition) is 4. The van der Waals surface area contributed by atoms with Gasteiger partial charge in [0.1, 0.15) is 12.4 Å². The molecule has 1 rings (SSSR count). The van der Waals surface area contributed by atoms with Gasteiger partial charge in [-0.1, -0.05) is 19.9 Å². The number of methoxy groups -OCH3 is 1. The van der Waals surface area contributed by atoms with E-state index in [4.69, 9.17) is 15.2 Å². The summed E-state index contributed by atoms with van der Waals surface area (Å²) in [6, 6.07) is 5.13. The monoisotopic (exact) mass is 294 g/mol. The van der Waals surface area contributed by atoms with E-state index in [2.05, 4.69) is 5.32 Å². The molecule has 3 N–H and O–H groups in total. The van der Waals surface area contributed by atoms with Crippen molar-refractivity contribution in [2.45, 2.75) is 33.2 Å². The zero-order valence-corrected chi connectivity index (χ0v) is 13.3. The molecule has 1 aromatic rings. The van der Waals surface area contributed by atoms with Crippen LogP contribution in [0.5, 0.6) is 5.75 Å². The van der Waals surface area contributed by atoms with Gasteiger partial charge in [-0.25, -0.2) is 0 Å². The van der Waals surface area contributed by atoms with Gasteiger partial charge < -0.3 is 20.5 Å². The number of carbonyl (C=O) groups excluding carboxylic acids is 1. The van der Waals surface area contributed by atoms with Crippen LogP contribution in [0.15, 0.2) is 18.2 Å². The number of rotatable bonds is 8. The molecule has 0 aromatic heterocycles. The van der Waals surface area contributed by atoms with Gasteiger partial charge in [0, 0.05) is 7.11 Å². The Morgan fingerprint density at radius 2 is 2.05 bits per heavy atom. The maximum Gasteiger partial charge on any atom is 0.241 e. The molecule has 0 saturated carbocycles. The lowest BCUT2D eigenvalue weighted by Crippen LogP contribution is -2.36. The van der Waals surface area contributed by atoms with Crippen molar-refractivity contribution in [2.75, 3.05) is 25.6 Å². The van der Waals surface area contributed by atoms with Crippen LogP contribution in [-0.4, -0.2) is 32.3 Å². The van der Waals surface area contributed by atoms with Crippen molar-refractivity contribution in [3.05, 3.63) is 23.8 Å². The SMILES string of the molecule is COCCOc1cc(C)ccc1NC(=O)[C@@H](N)CC(C)C. The van der Waals surface area contributed by atoms with Crippen molar-refractivity contribution in [3.63, 3.8) is 0 Å². The summed E-state index contributed by atoms with van der Waals surface area (Å²) in [7, 11) is 1.62. The lowest BCUT2D eigenvalue weighted by Gasteiger charge is -2.17. The van der Waals surface area contributed by atoms with Crippen molar-refractivity contribution in [3.8, 4) is 5.75 Å². The molecule has 118 valence electrons. The number of carbonyl (C=O) groups is 1. The van der Waals surface area contributed by atoms with Crippen LogP contribution in [0.3, 0.4) is 0 Å². The van der Waals surface area contributed by atoms with Crippen LogP contribution >= 0.6 is 0 Å². The average Bonchev–Trinajstić information content (AvgIpc) is 2.41. The molecule has 0 aliphatic carbocycles. The minimum atomic E-state index is -0.516. The largest absolute Gasteiger partial charge is 0.489 e. The summed E-state index contributed by atoms with van der Waals surface area (Å²) in [5.41, 5.74) is 7.60. The Kier molecular flexibility index (Phi) is 7.19. The second-order valence-corrected chi connectivity index (χ2v) is 5.57. The van der Waals surface area contributed by atoms with Crippen molar-refractivity contribution >= 4 is 11.6 Å². The molecule has 0 aliphatic heterocycles. The number of anilines is 1. The molecule has 1 aromatic carbocycles. The molecule has 0 saturated heterocycles. The first-order valence-corrected chi connectivity index (χ1v) is 7.23. The van der Waals surface area contributed by atoms with Gasteiger partial charge in [0.25, 0.3) is 0 Å². The number of nitrogens with two attached hydrogens (primary N) is 1. The topological polar surface area (TPSA) is 73.6 Å². The Labute approximate surface area is 126 Å². The van der Waals surface area contributed by atoms with Crippen molar-refractivity contribution in [1.82, 2.24) is 0 Å². The van der Waals surface area contributed by atoms with Gasteiger partial charge in [0.05, 0.1) is 18.3 Å². The highest BCUT2D eigenvalue weighted by atomic mass is 16.5. The normalized spacial score (nSPS) is 12.3. The van der Waals surface area contributed by atoms with Crippen molar-refractivity contribution < 1.29 is 14.3 Å². The summed E-state index contributed by atoms with van der Waals surface area (Å²) in [5.74, 6) is 0.822. The van der Waals surface area contributed by atoms with E-state index in [0.717, 1.165) is 5.56 Å². The standard InChI is InChI=1S/C16H26N2O3/c1-11(2)9-13(17)16(19)18-14-6-5-12(3)10-15(14)21-8-7-20-4/h5-6,10-11,13H,7-9,17H2,1-4H3,(H,18,19)/t13-/m0/s1. The molecule has 5 nitrogen and oxygen atoms in total. The predicted octanol–water partition coefficient (Wildman–Crippen LogP) is 2.33. The van der Waals surface area contributed by atoms with Crippen LogP contribution < -0.4 is 15.8 Å². The van der Waals surface area contributed by atoms with Gasteiger partial charge in [0.2, 0.25) is 5.91 Å². The van der Waals surface area contributed by atoms with Gasteiger partial charge >= 0.3 is 0 Å². The number of benzene rings is 1. The van der Waals surface area contributed by atoms with Gasteiger partial charge in [0.15, 0.2) is 0 Å². The van der Waals surface area contributed by atoms with Crippen LogP contribution in [0.2, 0.25) is 0 Å². The van der Waals surface area contributed by atoms with Crippen molar-refractivity contribution in [1.29, 1.82) is 0 Å². The Morgan fingerprint density at radius 3 is 2.67 bits per heavy atom. The van der Waals surface area contributed by atoms with Crippen LogP contribution in [-0.2, 0) is 9.53 Å². The van der Waals surface area contributed by atoms with E-state index in [1.54, 1.807) is 7.11 Å². The van der Waals surface area contributed by atoms with Crippen LogP contribution in [0.1, 0.15) is 25.8 Å². The Balaban J connectivity index is 2.74. The highest BCUT2D eigenvalue weighted by molar-refractivity contribution is 5.96. The van der Waals surface area contributed by atoms with Gasteiger partial charge in [-0.2, -0.15) is 0 Å². The zero-order valence-electron chi connectivity index (χ0n) is 13.3. The summed E-state index contributed by atoms with van der Waals surface area (Å²) in [6.07, 6.45) is 0.650. The van der Waals surface area contributed by atoms with E-state index in [1.165, 1.54) is 0 Å². The highest BCUT2D eigenvalue weighted by Crippen LogP contribution is 2.26. The van der Waals surface area contributed by atoms with Gasteiger partial charge in [-0.15, -0.1) is 0 Å². The molecule has 0 spiro atoms. The fourth-order valence-electron chi connectivity index (χ4n) is 1.93. The second-order valence-electron chi connectivity index (χ2n) is 5.57. The number of amides is 1. The molecule has 0 radical (unpaired) electrons. The molecule has 0 aliphatic rings. The highest BCUT2D eigenvalue weighted by Gasteiger charge is 2.16. The summed E-state index contributed by atoms with van der Waals surface area (Å²) >= 11 is 0. The fraction of sp³-hybridized carbons (Fsp3) is 0.562. The van der Waals surface area contributed by atoms with Crippen LogP contribution in [0.25, 0.3) is 0 Å². The first kappa shape index (κ1) is 17.5. The molecular weight excluding hydrogens is 268 g/mol. The summed E-state index contributed by atoms with van der Waals surface area (Å²) in [4.78, 5) is 12.1. The number of hydrogen-bond donors (Lipinski definition) is 2. The van der Waals surface area contributed by atoms with E-state index in [9.17, 15) is 4.79 Å². The van der Waals surface area contributed by atoms with E-state index in [0.29, 0.717) is 37.0 Å². The maximum atomic E-state index is 12.1. The van der Waals surface area contributed by atoms with E-state index >= 15 is 0 Å². The minimum absolute atomic E-state index is 0.191. The third-order valence-corrected chi connectivity index (χ3v) is 3.00. The summed E-state index contributed by atoms with van der Waals surface area (Å²) in [6.45, 7) is 6.98. The summed E-state index contributed by atoms with van der Waals surface area (Å²) < 4.78 is 10.6. The molecule has 1 amide bonds. The summed E-state index contributed by atoms with van der Waals surface area (Å²) in [5, 5.41) is 2.84. The van der Waals surface area contributed by atoms with Crippen molar-refractivity contribution in [2.24, 2.45) is 11.7 Å². The number of nitrogens with one attached hydrogen (secondary N) is 1. The molecule has 1 atom stereocenters. The predicted molar refractivity (Wildman–Crippen MR) is 84.6 cm³/mol. The molecule has 5 heteroatoms. The van der Waals surface area contributed by atoms with E-state index in [-0.39, 0.29) is 5.91 Å². The van der Waals surface area contributed by atoms with Gasteiger partial charge in [-0.05, 0) is 37.0 Å².